The Balaban J connectivity index is 1.85. The summed E-state index contributed by atoms with van der Waals surface area (Å²) in [5, 5.41) is 7.01. The van der Waals surface area contributed by atoms with E-state index in [-0.39, 0.29) is 17.3 Å². The van der Waals surface area contributed by atoms with Gasteiger partial charge in [0.2, 0.25) is 0 Å². The van der Waals surface area contributed by atoms with E-state index in [0.717, 1.165) is 6.42 Å². The molecule has 0 saturated carbocycles. The Morgan fingerprint density at radius 2 is 2.25 bits per heavy atom. The monoisotopic (exact) mass is 297 g/mol. The lowest BCUT2D eigenvalue weighted by Gasteiger charge is -2.07. The van der Waals surface area contributed by atoms with Crippen molar-refractivity contribution in [1.82, 2.24) is 14.8 Å². The highest BCUT2D eigenvalue weighted by molar-refractivity contribution is 7.99. The summed E-state index contributed by atoms with van der Waals surface area (Å²) in [4.78, 5) is 11.5. The fourth-order valence-electron chi connectivity index (χ4n) is 1.68. The minimum atomic E-state index is -0.375. The van der Waals surface area contributed by atoms with E-state index in [1.165, 1.54) is 17.8 Å². The van der Waals surface area contributed by atoms with Gasteiger partial charge in [0.15, 0.2) is 16.7 Å². The number of H-pyrrole nitrogens is 1. The molecule has 7 heteroatoms. The van der Waals surface area contributed by atoms with Gasteiger partial charge in [-0.3, -0.25) is 4.57 Å². The largest absolute Gasteiger partial charge is 0.490 e. The average molecular weight is 297 g/mol. The summed E-state index contributed by atoms with van der Waals surface area (Å²) < 4.78 is 20.2. The number of hydrogen-bond acceptors (Lipinski definition) is 4. The number of benzene rings is 1. The van der Waals surface area contributed by atoms with Gasteiger partial charge in [-0.15, -0.1) is 5.10 Å². The van der Waals surface area contributed by atoms with E-state index in [1.807, 2.05) is 6.92 Å². The van der Waals surface area contributed by atoms with Crippen molar-refractivity contribution < 1.29 is 9.13 Å². The molecule has 0 aliphatic rings. The first-order chi connectivity index (χ1) is 9.72. The Morgan fingerprint density at radius 1 is 1.45 bits per heavy atom. The molecular formula is C13H16FN3O2S. The van der Waals surface area contributed by atoms with Crippen LogP contribution in [0.5, 0.6) is 5.75 Å². The molecule has 0 amide bonds. The minimum Gasteiger partial charge on any atom is -0.490 e. The number of nitrogens with one attached hydrogen (secondary N) is 1. The van der Waals surface area contributed by atoms with Crippen LogP contribution in [0, 0.1) is 5.82 Å². The molecule has 0 aliphatic heterocycles. The predicted octanol–water partition coefficient (Wildman–Crippen LogP) is 2.29. The summed E-state index contributed by atoms with van der Waals surface area (Å²) in [6.45, 7) is 2.97. The minimum absolute atomic E-state index is 0.204. The summed E-state index contributed by atoms with van der Waals surface area (Å²) in [6.07, 6.45) is 0.860. The van der Waals surface area contributed by atoms with E-state index >= 15 is 0 Å². The third kappa shape index (κ3) is 3.63. The molecule has 0 fully saturated rings. The van der Waals surface area contributed by atoms with Crippen molar-refractivity contribution >= 4 is 11.8 Å². The third-order valence-corrected chi connectivity index (χ3v) is 3.52. The number of ether oxygens (including phenoxy) is 1. The van der Waals surface area contributed by atoms with Crippen LogP contribution in [0.4, 0.5) is 4.39 Å². The third-order valence-electron chi connectivity index (χ3n) is 2.58. The number of rotatable bonds is 7. The normalized spacial score (nSPS) is 10.7. The highest BCUT2D eigenvalue weighted by atomic mass is 32.2. The fraction of sp³-hybridized carbons (Fsp3) is 0.385. The molecule has 1 heterocycles. The Bertz CT molecular complexity index is 612. The number of para-hydroxylation sites is 1. The first-order valence-corrected chi connectivity index (χ1v) is 7.36. The number of aromatic nitrogens is 3. The lowest BCUT2D eigenvalue weighted by molar-refractivity contribution is 0.324. The molecule has 108 valence electrons. The van der Waals surface area contributed by atoms with E-state index in [2.05, 4.69) is 10.2 Å². The maximum atomic E-state index is 13.3. The van der Waals surface area contributed by atoms with Crippen molar-refractivity contribution in [2.75, 3.05) is 12.4 Å². The van der Waals surface area contributed by atoms with Crippen molar-refractivity contribution in [3.05, 3.63) is 40.6 Å². The van der Waals surface area contributed by atoms with E-state index in [1.54, 1.807) is 22.8 Å². The summed E-state index contributed by atoms with van der Waals surface area (Å²) >= 11 is 1.41. The number of aromatic amines is 1. The topological polar surface area (TPSA) is 59.9 Å². The molecule has 5 nitrogen and oxygen atoms in total. The molecule has 2 rings (SSSR count). The molecule has 0 bridgehead atoms. The van der Waals surface area contributed by atoms with Crippen LogP contribution < -0.4 is 10.4 Å². The molecule has 0 atom stereocenters. The van der Waals surface area contributed by atoms with Crippen molar-refractivity contribution in [2.24, 2.45) is 0 Å². The first kappa shape index (κ1) is 14.6. The van der Waals surface area contributed by atoms with Gasteiger partial charge in [0, 0.05) is 12.3 Å². The van der Waals surface area contributed by atoms with Crippen molar-refractivity contribution in [2.45, 2.75) is 25.0 Å². The Hall–Kier alpha value is -1.76. The van der Waals surface area contributed by atoms with Crippen molar-refractivity contribution in [1.29, 1.82) is 0 Å². The van der Waals surface area contributed by atoms with Gasteiger partial charge in [-0.05, 0) is 18.6 Å². The van der Waals surface area contributed by atoms with Crippen LogP contribution in [0.2, 0.25) is 0 Å². The highest BCUT2D eigenvalue weighted by Gasteiger charge is 2.08. The van der Waals surface area contributed by atoms with Gasteiger partial charge < -0.3 is 4.74 Å². The molecule has 0 saturated heterocycles. The van der Waals surface area contributed by atoms with E-state index < -0.39 is 0 Å². The zero-order valence-electron chi connectivity index (χ0n) is 11.1. The average Bonchev–Trinajstić information content (AvgIpc) is 2.79. The second kappa shape index (κ2) is 7.14. The Kier molecular flexibility index (Phi) is 5.23. The lowest BCUT2D eigenvalue weighted by Crippen LogP contribution is -2.17. The summed E-state index contributed by atoms with van der Waals surface area (Å²) in [7, 11) is 0. The smallest absolute Gasteiger partial charge is 0.343 e. The summed E-state index contributed by atoms with van der Waals surface area (Å²) in [5.41, 5.74) is -0.204. The maximum Gasteiger partial charge on any atom is 0.343 e. The molecule has 1 aromatic carbocycles. The summed E-state index contributed by atoms with van der Waals surface area (Å²) in [5.74, 6) is 0.448. The molecular weight excluding hydrogens is 281 g/mol. The quantitative estimate of drug-likeness (QED) is 0.629. The number of thioether (sulfide) groups is 1. The van der Waals surface area contributed by atoms with Gasteiger partial charge in [-0.2, -0.15) is 0 Å². The zero-order chi connectivity index (χ0) is 14.4. The molecule has 1 N–H and O–H groups in total. The highest BCUT2D eigenvalue weighted by Crippen LogP contribution is 2.17. The molecule has 2 aromatic rings. The SMILES string of the molecule is CCCn1c(SCCOc2ccccc2F)n[nH]c1=O. The molecule has 0 radical (unpaired) electrons. The van der Waals surface area contributed by atoms with Crippen LogP contribution in [0.1, 0.15) is 13.3 Å². The van der Waals surface area contributed by atoms with E-state index in [4.69, 9.17) is 4.74 Å². The molecule has 0 unspecified atom stereocenters. The first-order valence-electron chi connectivity index (χ1n) is 6.37. The number of nitrogens with zero attached hydrogens (tertiary/aromatic N) is 2. The van der Waals surface area contributed by atoms with E-state index in [0.29, 0.717) is 24.1 Å². The second-order valence-electron chi connectivity index (χ2n) is 4.09. The fourth-order valence-corrected chi connectivity index (χ4v) is 2.47. The van der Waals surface area contributed by atoms with Crippen LogP contribution >= 0.6 is 11.8 Å². The van der Waals surface area contributed by atoms with Crippen molar-refractivity contribution in [3.8, 4) is 5.75 Å². The second-order valence-corrected chi connectivity index (χ2v) is 5.15. The maximum absolute atomic E-state index is 13.3. The van der Waals surface area contributed by atoms with Gasteiger partial charge in [0.25, 0.3) is 0 Å². The Labute approximate surface area is 120 Å². The van der Waals surface area contributed by atoms with Crippen molar-refractivity contribution in [3.63, 3.8) is 0 Å². The van der Waals surface area contributed by atoms with Gasteiger partial charge in [0.05, 0.1) is 6.61 Å². The molecule has 0 aliphatic carbocycles. The number of halogens is 1. The van der Waals surface area contributed by atoms with Gasteiger partial charge in [-0.25, -0.2) is 14.3 Å². The van der Waals surface area contributed by atoms with Gasteiger partial charge in [-0.1, -0.05) is 30.8 Å². The van der Waals surface area contributed by atoms with Crippen LogP contribution in [0.25, 0.3) is 0 Å². The van der Waals surface area contributed by atoms with E-state index in [9.17, 15) is 9.18 Å². The Morgan fingerprint density at radius 3 is 3.00 bits per heavy atom. The van der Waals surface area contributed by atoms with Crippen LogP contribution in [-0.4, -0.2) is 27.1 Å². The van der Waals surface area contributed by atoms with Crippen LogP contribution in [0.15, 0.2) is 34.2 Å². The van der Waals surface area contributed by atoms with Gasteiger partial charge in [0.1, 0.15) is 0 Å². The molecule has 20 heavy (non-hydrogen) atoms. The predicted molar refractivity (Wildman–Crippen MR) is 75.8 cm³/mol. The lowest BCUT2D eigenvalue weighted by atomic mass is 10.3. The van der Waals surface area contributed by atoms with Crippen LogP contribution in [0.3, 0.4) is 0 Å². The summed E-state index contributed by atoms with van der Waals surface area (Å²) in [6, 6.07) is 6.28. The van der Waals surface area contributed by atoms with Gasteiger partial charge >= 0.3 is 5.69 Å². The number of hydrogen-bond donors (Lipinski definition) is 1. The zero-order valence-corrected chi connectivity index (χ0v) is 12.0. The molecule has 1 aromatic heterocycles. The van der Waals surface area contributed by atoms with Crippen LogP contribution in [-0.2, 0) is 6.54 Å². The molecule has 0 spiro atoms. The standard InChI is InChI=1S/C13H16FN3O2S/c1-2-7-17-12(18)15-16-13(17)20-9-8-19-11-6-4-3-5-10(11)14/h3-6H,2,7-9H2,1H3,(H,15,18).